The van der Waals surface area contributed by atoms with E-state index in [0.29, 0.717) is 0 Å². The average Bonchev–Trinajstić information content (AvgIpc) is 2.21. The molecule has 15 heavy (non-hydrogen) atoms. The van der Waals surface area contributed by atoms with Gasteiger partial charge in [0, 0.05) is 0 Å². The maximum Gasteiger partial charge on any atom is 0.407 e. The number of nitrogens with one attached hydrogen (secondary N) is 1. The molecular formula is C9H17NO5. The lowest BCUT2D eigenvalue weighted by atomic mass is 10.1. The van der Waals surface area contributed by atoms with Gasteiger partial charge in [-0.1, -0.05) is 13.8 Å². The monoisotopic (exact) mass is 219 g/mol. The van der Waals surface area contributed by atoms with E-state index in [0.717, 1.165) is 0 Å². The maximum atomic E-state index is 11.2. The molecule has 2 N–H and O–H groups in total. The molecule has 6 nitrogen and oxygen atoms in total. The van der Waals surface area contributed by atoms with E-state index in [2.05, 4.69) is 14.8 Å². The predicted molar refractivity (Wildman–Crippen MR) is 52.2 cm³/mol. The van der Waals surface area contributed by atoms with Crippen LogP contribution in [-0.2, 0) is 14.3 Å². The Labute approximate surface area is 88.6 Å². The number of hydrogen-bond acceptors (Lipinski definition) is 5. The van der Waals surface area contributed by atoms with Crippen LogP contribution in [0.25, 0.3) is 0 Å². The summed E-state index contributed by atoms with van der Waals surface area (Å²) in [6.07, 6.45) is -0.742. The lowest BCUT2D eigenvalue weighted by Gasteiger charge is -2.19. The maximum absolute atomic E-state index is 11.2. The highest BCUT2D eigenvalue weighted by Crippen LogP contribution is 2.03. The first kappa shape index (κ1) is 13.7. The molecule has 0 saturated carbocycles. The van der Waals surface area contributed by atoms with Crippen LogP contribution in [0.2, 0.25) is 0 Å². The van der Waals surface area contributed by atoms with Crippen molar-refractivity contribution in [3.63, 3.8) is 0 Å². The van der Waals surface area contributed by atoms with Gasteiger partial charge < -0.3 is 19.9 Å². The highest BCUT2D eigenvalue weighted by atomic mass is 16.6. The molecule has 0 heterocycles. The van der Waals surface area contributed by atoms with Gasteiger partial charge in [-0.25, -0.2) is 9.59 Å². The van der Waals surface area contributed by atoms with E-state index in [9.17, 15) is 9.59 Å². The van der Waals surface area contributed by atoms with Crippen molar-refractivity contribution in [2.75, 3.05) is 20.3 Å². The summed E-state index contributed by atoms with van der Waals surface area (Å²) in [4.78, 5) is 22.3. The van der Waals surface area contributed by atoms with Crippen LogP contribution in [0, 0.1) is 5.92 Å². The number of hydrogen-bond donors (Lipinski definition) is 2. The van der Waals surface area contributed by atoms with Crippen LogP contribution in [0.4, 0.5) is 4.79 Å². The van der Waals surface area contributed by atoms with Gasteiger partial charge >= 0.3 is 12.1 Å². The number of carbonyl (C=O) groups is 2. The van der Waals surface area contributed by atoms with Crippen LogP contribution >= 0.6 is 0 Å². The van der Waals surface area contributed by atoms with Gasteiger partial charge in [-0.3, -0.25) is 0 Å². The van der Waals surface area contributed by atoms with Crippen molar-refractivity contribution in [2.24, 2.45) is 5.92 Å². The van der Waals surface area contributed by atoms with Gasteiger partial charge in [-0.2, -0.15) is 0 Å². The third-order valence-electron chi connectivity index (χ3n) is 1.72. The van der Waals surface area contributed by atoms with Crippen LogP contribution in [0.15, 0.2) is 0 Å². The smallest absolute Gasteiger partial charge is 0.407 e. The molecule has 0 aliphatic rings. The molecule has 0 fully saturated rings. The molecular weight excluding hydrogens is 202 g/mol. The molecule has 0 rings (SSSR count). The zero-order valence-corrected chi connectivity index (χ0v) is 9.15. The van der Waals surface area contributed by atoms with Crippen LogP contribution in [-0.4, -0.2) is 43.5 Å². The molecule has 1 amide bonds. The predicted octanol–water partition coefficient (Wildman–Crippen LogP) is -0.0975. The van der Waals surface area contributed by atoms with Crippen LogP contribution < -0.4 is 5.32 Å². The first-order valence-electron chi connectivity index (χ1n) is 4.65. The Morgan fingerprint density at radius 2 is 2.00 bits per heavy atom. The first-order chi connectivity index (χ1) is 7.02. The number of carbonyl (C=O) groups excluding carboxylic acids is 2. The Kier molecular flexibility index (Phi) is 6.44. The Bertz CT molecular complexity index is 217. The summed E-state index contributed by atoms with van der Waals surface area (Å²) < 4.78 is 9.08. The van der Waals surface area contributed by atoms with Crippen molar-refractivity contribution >= 4 is 12.1 Å². The molecule has 0 aromatic rings. The minimum atomic E-state index is -0.742. The lowest BCUT2D eigenvalue weighted by molar-refractivity contribution is -0.144. The molecule has 0 aromatic heterocycles. The van der Waals surface area contributed by atoms with Crippen LogP contribution in [0.3, 0.4) is 0 Å². The summed E-state index contributed by atoms with van der Waals surface area (Å²) in [5, 5.41) is 10.8. The fourth-order valence-electron chi connectivity index (χ4n) is 0.932. The van der Waals surface area contributed by atoms with Gasteiger partial charge in [0.15, 0.2) is 0 Å². The molecule has 0 saturated heterocycles. The summed E-state index contributed by atoms with van der Waals surface area (Å²) in [6.45, 7) is 3.19. The van der Waals surface area contributed by atoms with E-state index in [4.69, 9.17) is 5.11 Å². The zero-order chi connectivity index (χ0) is 11.8. The molecule has 0 aromatic carbocycles. The number of esters is 1. The molecule has 0 unspecified atom stereocenters. The number of aliphatic hydroxyl groups is 1. The Hall–Kier alpha value is -1.30. The van der Waals surface area contributed by atoms with Crippen molar-refractivity contribution in [1.82, 2.24) is 5.32 Å². The Balaban J connectivity index is 4.17. The normalized spacial score (nSPS) is 12.1. The van der Waals surface area contributed by atoms with Crippen LogP contribution in [0.5, 0.6) is 0 Å². The van der Waals surface area contributed by atoms with E-state index in [1.807, 2.05) is 0 Å². The van der Waals surface area contributed by atoms with Crippen molar-refractivity contribution in [1.29, 1.82) is 0 Å². The van der Waals surface area contributed by atoms with Crippen LogP contribution in [0.1, 0.15) is 13.8 Å². The Morgan fingerprint density at radius 3 is 2.40 bits per heavy atom. The number of rotatable bonds is 5. The zero-order valence-electron chi connectivity index (χ0n) is 9.15. The largest absolute Gasteiger partial charge is 0.467 e. The van der Waals surface area contributed by atoms with Gasteiger partial charge in [0.2, 0.25) is 0 Å². The van der Waals surface area contributed by atoms with Crippen molar-refractivity contribution < 1.29 is 24.2 Å². The van der Waals surface area contributed by atoms with Gasteiger partial charge in [0.1, 0.15) is 12.6 Å². The Morgan fingerprint density at radius 1 is 1.40 bits per heavy atom. The lowest BCUT2D eigenvalue weighted by Crippen LogP contribution is -2.45. The molecule has 6 heteroatoms. The second-order valence-corrected chi connectivity index (χ2v) is 3.25. The topological polar surface area (TPSA) is 84.9 Å². The average molecular weight is 219 g/mol. The molecule has 1 atom stereocenters. The first-order valence-corrected chi connectivity index (χ1v) is 4.65. The fourth-order valence-corrected chi connectivity index (χ4v) is 0.932. The number of alkyl carbamates (subject to hydrolysis) is 1. The summed E-state index contributed by atoms with van der Waals surface area (Å²) in [7, 11) is 1.25. The summed E-state index contributed by atoms with van der Waals surface area (Å²) in [6, 6.07) is -0.735. The minimum absolute atomic E-state index is 0.0980. The molecule has 88 valence electrons. The summed E-state index contributed by atoms with van der Waals surface area (Å²) >= 11 is 0. The number of ether oxygens (including phenoxy) is 2. The third-order valence-corrected chi connectivity index (χ3v) is 1.72. The van der Waals surface area contributed by atoms with Gasteiger partial charge in [0.25, 0.3) is 0 Å². The van der Waals surface area contributed by atoms with Crippen molar-refractivity contribution in [3.05, 3.63) is 0 Å². The van der Waals surface area contributed by atoms with Gasteiger partial charge in [-0.15, -0.1) is 0 Å². The number of amides is 1. The number of aliphatic hydroxyl groups excluding tert-OH is 1. The van der Waals surface area contributed by atoms with E-state index in [1.165, 1.54) is 7.11 Å². The van der Waals surface area contributed by atoms with E-state index in [1.54, 1.807) is 13.8 Å². The molecule has 0 bridgehead atoms. The quantitative estimate of drug-likeness (QED) is 0.631. The third kappa shape index (κ3) is 5.21. The van der Waals surface area contributed by atoms with E-state index in [-0.39, 0.29) is 19.1 Å². The summed E-state index contributed by atoms with van der Waals surface area (Å²) in [5.74, 6) is -0.620. The summed E-state index contributed by atoms with van der Waals surface area (Å²) in [5.41, 5.74) is 0. The second kappa shape index (κ2) is 7.05. The van der Waals surface area contributed by atoms with Crippen molar-refractivity contribution in [3.8, 4) is 0 Å². The molecule has 0 spiro atoms. The highest BCUT2D eigenvalue weighted by molar-refractivity contribution is 5.81. The molecule has 0 aliphatic heterocycles. The minimum Gasteiger partial charge on any atom is -0.467 e. The number of methoxy groups -OCH3 is 1. The molecule has 0 aliphatic carbocycles. The highest BCUT2D eigenvalue weighted by Gasteiger charge is 2.25. The van der Waals surface area contributed by atoms with E-state index < -0.39 is 18.1 Å². The van der Waals surface area contributed by atoms with E-state index >= 15 is 0 Å². The SMILES string of the molecule is COC(=O)[C@@H](NC(=O)OCCO)C(C)C. The second-order valence-electron chi connectivity index (χ2n) is 3.25. The molecule has 0 radical (unpaired) electrons. The standard InChI is InChI=1S/C9H17NO5/c1-6(2)7(8(12)14-3)10-9(13)15-5-4-11/h6-7,11H,4-5H2,1-3H3,(H,10,13)/t7-/m0/s1. The van der Waals surface area contributed by atoms with Crippen molar-refractivity contribution in [2.45, 2.75) is 19.9 Å². The van der Waals surface area contributed by atoms with Gasteiger partial charge in [0.05, 0.1) is 13.7 Å². The van der Waals surface area contributed by atoms with Gasteiger partial charge in [-0.05, 0) is 5.92 Å². The fraction of sp³-hybridized carbons (Fsp3) is 0.778.